The number of ether oxygens (including phenoxy) is 1. The molecular weight excluding hydrogens is 386 g/mol. The van der Waals surface area contributed by atoms with Crippen molar-refractivity contribution in [3.63, 3.8) is 0 Å². The normalized spacial score (nSPS) is 19.9. The van der Waals surface area contributed by atoms with Gasteiger partial charge in [-0.05, 0) is 29.0 Å². The first kappa shape index (κ1) is 20.3. The molecule has 7 heteroatoms. The summed E-state index contributed by atoms with van der Waals surface area (Å²) < 4.78 is 5.29. The fraction of sp³-hybridized carbons (Fsp3) is 0.500. The molecule has 2 aliphatic rings. The van der Waals surface area contributed by atoms with Crippen molar-refractivity contribution in [3.05, 3.63) is 57.8 Å². The van der Waals surface area contributed by atoms with Gasteiger partial charge in [0.15, 0.2) is 0 Å². The molecule has 3 N–H and O–H groups in total. The summed E-state index contributed by atoms with van der Waals surface area (Å²) in [4.78, 5) is 16.3. The van der Waals surface area contributed by atoms with Crippen LogP contribution in [0.2, 0.25) is 0 Å². The molecule has 0 aliphatic carbocycles. The highest BCUT2D eigenvalue weighted by Gasteiger charge is 2.30. The summed E-state index contributed by atoms with van der Waals surface area (Å²) >= 11 is 1.83. The Balaban J connectivity index is 1.36. The summed E-state index contributed by atoms with van der Waals surface area (Å²) in [6, 6.07) is 12.4. The van der Waals surface area contributed by atoms with Gasteiger partial charge < -0.3 is 20.5 Å². The first-order valence-corrected chi connectivity index (χ1v) is 11.2. The van der Waals surface area contributed by atoms with Gasteiger partial charge >= 0.3 is 6.03 Å². The third kappa shape index (κ3) is 5.17. The summed E-state index contributed by atoms with van der Waals surface area (Å²) in [6.45, 7) is 3.74. The van der Waals surface area contributed by atoms with Crippen molar-refractivity contribution in [3.8, 4) is 0 Å². The third-order valence-electron chi connectivity index (χ3n) is 5.92. The second kappa shape index (κ2) is 9.26. The number of benzene rings is 1. The van der Waals surface area contributed by atoms with Gasteiger partial charge in [-0.2, -0.15) is 0 Å². The van der Waals surface area contributed by atoms with Crippen LogP contribution in [-0.4, -0.2) is 54.5 Å². The maximum atomic E-state index is 12.4. The van der Waals surface area contributed by atoms with Crippen molar-refractivity contribution >= 4 is 17.4 Å². The number of nitrogens with zero attached hydrogens (tertiary/aromatic N) is 1. The highest BCUT2D eigenvalue weighted by Crippen LogP contribution is 2.30. The lowest BCUT2D eigenvalue weighted by Crippen LogP contribution is -2.50. The van der Waals surface area contributed by atoms with E-state index in [-0.39, 0.29) is 18.6 Å². The maximum Gasteiger partial charge on any atom is 0.314 e. The Hall–Kier alpha value is -1.93. The van der Waals surface area contributed by atoms with Gasteiger partial charge in [0.05, 0.1) is 11.6 Å². The summed E-state index contributed by atoms with van der Waals surface area (Å²) in [6.07, 6.45) is 2.16. The van der Waals surface area contributed by atoms with Crippen LogP contribution in [-0.2, 0) is 17.7 Å². The molecule has 1 aromatic carbocycles. The molecule has 2 amide bonds. The van der Waals surface area contributed by atoms with E-state index in [4.69, 9.17) is 4.74 Å². The molecule has 2 aromatic rings. The third-order valence-corrected chi connectivity index (χ3v) is 6.94. The molecule has 0 saturated carbocycles. The van der Waals surface area contributed by atoms with Gasteiger partial charge in [0.1, 0.15) is 0 Å². The molecule has 1 saturated heterocycles. The molecule has 1 fully saturated rings. The zero-order valence-corrected chi connectivity index (χ0v) is 17.4. The number of rotatable bonds is 6. The number of carbonyl (C=O) groups excluding carboxylic acids is 1. The Morgan fingerprint density at radius 2 is 2.00 bits per heavy atom. The number of nitrogens with one attached hydrogen (secondary N) is 2. The standard InChI is InChI=1S/C22H29N3O3S/c26-21(24-16-22(27)8-11-28-12-9-22)23-14-19(17-4-2-1-3-5-17)25-10-6-20-18(15-25)7-13-29-20/h1-5,7,13,19,27H,6,8-12,14-16H2,(H2,23,24,26). The van der Waals surface area contributed by atoms with E-state index in [1.165, 1.54) is 16.0 Å². The average Bonchev–Trinajstić information content (AvgIpc) is 3.22. The van der Waals surface area contributed by atoms with Gasteiger partial charge in [-0.1, -0.05) is 30.3 Å². The summed E-state index contributed by atoms with van der Waals surface area (Å²) in [7, 11) is 0. The van der Waals surface area contributed by atoms with Gasteiger partial charge in [0.25, 0.3) is 0 Å². The lowest BCUT2D eigenvalue weighted by atomic mass is 9.94. The van der Waals surface area contributed by atoms with E-state index in [2.05, 4.69) is 39.1 Å². The van der Waals surface area contributed by atoms with Crippen molar-refractivity contribution in [2.75, 3.05) is 32.8 Å². The zero-order chi connectivity index (χ0) is 20.1. The van der Waals surface area contributed by atoms with Crippen molar-refractivity contribution in [1.82, 2.24) is 15.5 Å². The predicted octanol–water partition coefficient (Wildman–Crippen LogP) is 2.69. The molecule has 0 bridgehead atoms. The van der Waals surface area contributed by atoms with E-state index in [0.717, 1.165) is 19.5 Å². The van der Waals surface area contributed by atoms with E-state index in [1.54, 1.807) is 0 Å². The van der Waals surface area contributed by atoms with Gasteiger partial charge in [-0.3, -0.25) is 4.90 Å². The Kier molecular flexibility index (Phi) is 6.50. The minimum Gasteiger partial charge on any atom is -0.388 e. The van der Waals surface area contributed by atoms with E-state index < -0.39 is 5.60 Å². The first-order chi connectivity index (χ1) is 14.1. The first-order valence-electron chi connectivity index (χ1n) is 10.3. The fourth-order valence-corrected chi connectivity index (χ4v) is 4.98. The molecule has 1 atom stereocenters. The van der Waals surface area contributed by atoms with Crippen LogP contribution in [0.1, 0.15) is 34.9 Å². The van der Waals surface area contributed by atoms with E-state index in [0.29, 0.717) is 32.6 Å². The number of aliphatic hydroxyl groups is 1. The van der Waals surface area contributed by atoms with E-state index in [9.17, 15) is 9.90 Å². The topological polar surface area (TPSA) is 73.8 Å². The number of fused-ring (bicyclic) bond motifs is 1. The van der Waals surface area contributed by atoms with Crippen LogP contribution in [0.15, 0.2) is 41.8 Å². The van der Waals surface area contributed by atoms with Crippen LogP contribution in [0.25, 0.3) is 0 Å². The quantitative estimate of drug-likeness (QED) is 0.678. The number of amides is 2. The van der Waals surface area contributed by atoms with Crippen molar-refractivity contribution in [2.45, 2.75) is 37.5 Å². The molecule has 156 valence electrons. The van der Waals surface area contributed by atoms with Crippen LogP contribution in [0.4, 0.5) is 4.79 Å². The Bertz CT molecular complexity index is 805. The smallest absolute Gasteiger partial charge is 0.314 e. The highest BCUT2D eigenvalue weighted by molar-refractivity contribution is 7.10. The van der Waals surface area contributed by atoms with E-state index in [1.807, 2.05) is 29.5 Å². The van der Waals surface area contributed by atoms with Crippen LogP contribution in [0.5, 0.6) is 0 Å². The number of urea groups is 1. The highest BCUT2D eigenvalue weighted by atomic mass is 32.1. The van der Waals surface area contributed by atoms with Crippen molar-refractivity contribution < 1.29 is 14.6 Å². The molecule has 0 spiro atoms. The minimum atomic E-state index is -0.864. The molecule has 0 radical (unpaired) electrons. The molecule has 29 heavy (non-hydrogen) atoms. The van der Waals surface area contributed by atoms with Crippen LogP contribution < -0.4 is 10.6 Å². The maximum absolute atomic E-state index is 12.4. The van der Waals surface area contributed by atoms with Gasteiger partial charge in [0, 0.05) is 57.1 Å². The molecule has 1 unspecified atom stereocenters. The lowest BCUT2D eigenvalue weighted by Gasteiger charge is -2.35. The number of hydrogen-bond acceptors (Lipinski definition) is 5. The second-order valence-electron chi connectivity index (χ2n) is 7.92. The fourth-order valence-electron chi connectivity index (χ4n) is 4.09. The van der Waals surface area contributed by atoms with Gasteiger partial charge in [-0.25, -0.2) is 4.79 Å². The molecule has 6 nitrogen and oxygen atoms in total. The van der Waals surface area contributed by atoms with Crippen LogP contribution in [0.3, 0.4) is 0 Å². The second-order valence-corrected chi connectivity index (χ2v) is 8.92. The van der Waals surface area contributed by atoms with Gasteiger partial charge in [-0.15, -0.1) is 11.3 Å². The van der Waals surface area contributed by atoms with Crippen LogP contribution >= 0.6 is 11.3 Å². The molecule has 3 heterocycles. The number of hydrogen-bond donors (Lipinski definition) is 3. The molecule has 2 aliphatic heterocycles. The number of thiophene rings is 1. The van der Waals surface area contributed by atoms with E-state index >= 15 is 0 Å². The SMILES string of the molecule is O=C(NCC(c1ccccc1)N1CCc2sccc2C1)NCC1(O)CCOCC1. The zero-order valence-electron chi connectivity index (χ0n) is 16.6. The lowest BCUT2D eigenvalue weighted by molar-refractivity contribution is -0.0600. The average molecular weight is 416 g/mol. The minimum absolute atomic E-state index is 0.112. The molecule has 4 rings (SSSR count). The van der Waals surface area contributed by atoms with Crippen molar-refractivity contribution in [2.24, 2.45) is 0 Å². The van der Waals surface area contributed by atoms with Crippen molar-refractivity contribution in [1.29, 1.82) is 0 Å². The summed E-state index contributed by atoms with van der Waals surface area (Å²) in [5.74, 6) is 0. The van der Waals surface area contributed by atoms with Crippen LogP contribution in [0, 0.1) is 0 Å². The summed E-state index contributed by atoms with van der Waals surface area (Å²) in [5.41, 5.74) is 1.74. The number of carbonyl (C=O) groups is 1. The Morgan fingerprint density at radius 3 is 2.79 bits per heavy atom. The summed E-state index contributed by atoms with van der Waals surface area (Å²) in [5, 5.41) is 18.6. The Morgan fingerprint density at radius 1 is 1.21 bits per heavy atom. The molecule has 1 aromatic heterocycles. The largest absolute Gasteiger partial charge is 0.388 e. The Labute approximate surface area is 175 Å². The van der Waals surface area contributed by atoms with Gasteiger partial charge in [0.2, 0.25) is 0 Å². The monoisotopic (exact) mass is 415 g/mol. The molecular formula is C22H29N3O3S. The predicted molar refractivity (Wildman–Crippen MR) is 114 cm³/mol.